The molecule has 30 heavy (non-hydrogen) atoms. The van der Waals surface area contributed by atoms with Crippen LogP contribution in [0.1, 0.15) is 77.6 Å². The molecule has 7 heteroatoms. The van der Waals surface area contributed by atoms with Gasteiger partial charge in [-0.05, 0) is 43.7 Å². The molecule has 160 valence electrons. The number of H-pyrrole nitrogens is 1. The smallest absolute Gasteiger partial charge is 0.264 e. The van der Waals surface area contributed by atoms with E-state index in [4.69, 9.17) is 4.98 Å². The first kappa shape index (κ1) is 19.9. The summed E-state index contributed by atoms with van der Waals surface area (Å²) in [6.45, 7) is 3.16. The number of nitrogens with one attached hydrogen (secondary N) is 1. The molecule has 1 N–H and O–H groups in total. The van der Waals surface area contributed by atoms with Crippen molar-refractivity contribution in [2.24, 2.45) is 0 Å². The standard InChI is InChI=1S/C23H30N4O2S/c28-22-18-15-27(23(29)20-9-5-13-30-20)12-10-19(18)24-21(25-22)16-6-4-11-26(14-16)17-7-2-1-3-8-17/h5,9,13,16-17H,1-4,6-8,10-12,14-15H2,(H,24,25,28)/t16-/m1/s1. The molecule has 6 nitrogen and oxygen atoms in total. The van der Waals surface area contributed by atoms with Gasteiger partial charge in [-0.15, -0.1) is 11.3 Å². The Kier molecular flexibility index (Phi) is 5.74. The number of nitrogens with zero attached hydrogens (tertiary/aromatic N) is 3. The minimum Gasteiger partial charge on any atom is -0.333 e. The number of piperidine rings is 1. The molecule has 2 fully saturated rings. The van der Waals surface area contributed by atoms with Gasteiger partial charge in [-0.3, -0.25) is 14.5 Å². The molecule has 2 aromatic heterocycles. The van der Waals surface area contributed by atoms with Gasteiger partial charge in [-0.25, -0.2) is 4.98 Å². The van der Waals surface area contributed by atoms with Crippen molar-refractivity contribution in [1.29, 1.82) is 0 Å². The Balaban J connectivity index is 1.32. The molecule has 1 amide bonds. The molecular formula is C23H30N4O2S. The Bertz CT molecular complexity index is 949. The molecule has 2 aromatic rings. The van der Waals surface area contributed by atoms with Crippen molar-refractivity contribution in [2.75, 3.05) is 19.6 Å². The van der Waals surface area contributed by atoms with E-state index in [2.05, 4.69) is 9.88 Å². The molecule has 3 aliphatic rings. The van der Waals surface area contributed by atoms with E-state index >= 15 is 0 Å². The molecule has 0 aromatic carbocycles. The number of amides is 1. The lowest BCUT2D eigenvalue weighted by atomic mass is 9.90. The second-order valence-electron chi connectivity index (χ2n) is 8.96. The fourth-order valence-electron chi connectivity index (χ4n) is 5.37. The molecule has 1 saturated heterocycles. The van der Waals surface area contributed by atoms with E-state index in [1.165, 1.54) is 56.4 Å². The molecule has 5 rings (SSSR count). The van der Waals surface area contributed by atoms with Crippen LogP contribution in [0, 0.1) is 0 Å². The number of carbonyl (C=O) groups excluding carboxylic acids is 1. The molecule has 1 saturated carbocycles. The monoisotopic (exact) mass is 426 g/mol. The van der Waals surface area contributed by atoms with E-state index in [0.717, 1.165) is 29.4 Å². The van der Waals surface area contributed by atoms with Crippen LogP contribution in [0.25, 0.3) is 0 Å². The summed E-state index contributed by atoms with van der Waals surface area (Å²) in [6, 6.07) is 4.44. The van der Waals surface area contributed by atoms with Crippen molar-refractivity contribution >= 4 is 17.2 Å². The summed E-state index contributed by atoms with van der Waals surface area (Å²) in [7, 11) is 0. The maximum atomic E-state index is 12.9. The SMILES string of the molecule is O=C(c1cccs1)N1CCc2nc([C@@H]3CCCN(C4CCCCC4)C3)[nH]c(=O)c2C1. The second-order valence-corrected chi connectivity index (χ2v) is 9.90. The van der Waals surface area contributed by atoms with E-state index in [-0.39, 0.29) is 11.5 Å². The first-order chi connectivity index (χ1) is 14.7. The van der Waals surface area contributed by atoms with Crippen LogP contribution in [0.5, 0.6) is 0 Å². The number of likely N-dealkylation sites (tertiary alicyclic amines) is 1. The lowest BCUT2D eigenvalue weighted by Gasteiger charge is -2.39. The minimum absolute atomic E-state index is 0.00882. The van der Waals surface area contributed by atoms with Gasteiger partial charge < -0.3 is 9.88 Å². The van der Waals surface area contributed by atoms with Gasteiger partial charge >= 0.3 is 0 Å². The minimum atomic E-state index is -0.0616. The third kappa shape index (κ3) is 3.97. The number of fused-ring (bicyclic) bond motifs is 1. The van der Waals surface area contributed by atoms with Gasteiger partial charge in [0.15, 0.2) is 0 Å². The average Bonchev–Trinajstić information content (AvgIpc) is 3.34. The second kappa shape index (κ2) is 8.63. The Morgan fingerprint density at radius 3 is 2.80 bits per heavy atom. The van der Waals surface area contributed by atoms with E-state index in [1.807, 2.05) is 17.5 Å². The summed E-state index contributed by atoms with van der Waals surface area (Å²) in [5.41, 5.74) is 1.49. The van der Waals surface area contributed by atoms with Crippen LogP contribution >= 0.6 is 11.3 Å². The van der Waals surface area contributed by atoms with Gasteiger partial charge in [-0.1, -0.05) is 25.3 Å². The Morgan fingerprint density at radius 1 is 1.13 bits per heavy atom. The van der Waals surface area contributed by atoms with Crippen LogP contribution < -0.4 is 5.56 Å². The largest absolute Gasteiger partial charge is 0.333 e. The predicted molar refractivity (Wildman–Crippen MR) is 118 cm³/mol. The number of hydrogen-bond acceptors (Lipinski definition) is 5. The van der Waals surface area contributed by atoms with Crippen LogP contribution in [0.2, 0.25) is 0 Å². The maximum absolute atomic E-state index is 12.9. The average molecular weight is 427 g/mol. The highest BCUT2D eigenvalue weighted by atomic mass is 32.1. The Morgan fingerprint density at radius 2 is 2.00 bits per heavy atom. The summed E-state index contributed by atoms with van der Waals surface area (Å²) in [5, 5.41) is 1.91. The molecular weight excluding hydrogens is 396 g/mol. The third-order valence-corrected chi connectivity index (χ3v) is 7.89. The van der Waals surface area contributed by atoms with E-state index in [1.54, 1.807) is 4.90 Å². The molecule has 4 heterocycles. The molecule has 0 unspecified atom stereocenters. The van der Waals surface area contributed by atoms with Crippen molar-refractivity contribution in [3.8, 4) is 0 Å². The molecule has 1 aliphatic carbocycles. The fourth-order valence-corrected chi connectivity index (χ4v) is 6.07. The molecule has 0 radical (unpaired) electrons. The molecule has 1 atom stereocenters. The van der Waals surface area contributed by atoms with Crippen molar-refractivity contribution in [3.05, 3.63) is 49.8 Å². The predicted octanol–water partition coefficient (Wildman–Crippen LogP) is 3.54. The van der Waals surface area contributed by atoms with Crippen LogP contribution in [-0.2, 0) is 13.0 Å². The highest BCUT2D eigenvalue weighted by Gasteiger charge is 2.31. The number of carbonyl (C=O) groups is 1. The Hall–Kier alpha value is -1.99. The van der Waals surface area contributed by atoms with E-state index in [0.29, 0.717) is 37.0 Å². The number of thiophene rings is 1. The zero-order valence-corrected chi connectivity index (χ0v) is 18.3. The zero-order chi connectivity index (χ0) is 20.5. The normalized spacial score (nSPS) is 23.3. The van der Waals surface area contributed by atoms with Crippen LogP contribution in [0.4, 0.5) is 0 Å². The molecule has 2 aliphatic heterocycles. The first-order valence-corrected chi connectivity index (χ1v) is 12.3. The van der Waals surface area contributed by atoms with Gasteiger partial charge in [0.2, 0.25) is 0 Å². The van der Waals surface area contributed by atoms with Crippen molar-refractivity contribution in [1.82, 2.24) is 19.8 Å². The van der Waals surface area contributed by atoms with Crippen molar-refractivity contribution < 1.29 is 4.79 Å². The maximum Gasteiger partial charge on any atom is 0.264 e. The van der Waals surface area contributed by atoms with Gasteiger partial charge in [-0.2, -0.15) is 0 Å². The summed E-state index contributed by atoms with van der Waals surface area (Å²) in [6.07, 6.45) is 9.62. The number of rotatable bonds is 3. The van der Waals surface area contributed by atoms with Crippen molar-refractivity contribution in [2.45, 2.75) is 69.9 Å². The number of aromatic nitrogens is 2. The fraction of sp³-hybridized carbons (Fsp3) is 0.609. The highest BCUT2D eigenvalue weighted by Crippen LogP contribution is 2.31. The van der Waals surface area contributed by atoms with Gasteiger partial charge in [0.05, 0.1) is 22.7 Å². The van der Waals surface area contributed by atoms with Gasteiger partial charge in [0, 0.05) is 31.5 Å². The van der Waals surface area contributed by atoms with Gasteiger partial charge in [0.25, 0.3) is 11.5 Å². The summed E-state index contributed by atoms with van der Waals surface area (Å²) < 4.78 is 0. The van der Waals surface area contributed by atoms with E-state index in [9.17, 15) is 9.59 Å². The lowest BCUT2D eigenvalue weighted by molar-refractivity contribution is 0.0737. The third-order valence-electron chi connectivity index (χ3n) is 7.04. The topological polar surface area (TPSA) is 69.3 Å². The summed E-state index contributed by atoms with van der Waals surface area (Å²) in [5.74, 6) is 1.18. The van der Waals surface area contributed by atoms with Crippen LogP contribution in [0.3, 0.4) is 0 Å². The zero-order valence-electron chi connectivity index (χ0n) is 17.4. The summed E-state index contributed by atoms with van der Waals surface area (Å²) in [4.78, 5) is 38.8. The first-order valence-electron chi connectivity index (χ1n) is 11.4. The van der Waals surface area contributed by atoms with Gasteiger partial charge in [0.1, 0.15) is 5.82 Å². The Labute approximate surface area is 181 Å². The number of aromatic amines is 1. The lowest BCUT2D eigenvalue weighted by Crippen LogP contribution is -2.44. The highest BCUT2D eigenvalue weighted by molar-refractivity contribution is 7.12. The number of hydrogen-bond donors (Lipinski definition) is 1. The van der Waals surface area contributed by atoms with Crippen LogP contribution in [-0.4, -0.2) is 51.4 Å². The van der Waals surface area contributed by atoms with Crippen molar-refractivity contribution in [3.63, 3.8) is 0 Å². The molecule has 0 spiro atoms. The molecule has 0 bridgehead atoms. The van der Waals surface area contributed by atoms with E-state index < -0.39 is 0 Å². The van der Waals surface area contributed by atoms with Crippen LogP contribution in [0.15, 0.2) is 22.3 Å². The summed E-state index contributed by atoms with van der Waals surface area (Å²) >= 11 is 1.45. The quantitative estimate of drug-likeness (QED) is 0.815.